The fraction of sp³-hybridized carbons (Fsp3) is 0.545. The molecule has 0 amide bonds. The lowest BCUT2D eigenvalue weighted by Gasteiger charge is -2.18. The van der Waals surface area contributed by atoms with Crippen LogP contribution in [0.5, 0.6) is 0 Å². The quantitative estimate of drug-likeness (QED) is 0.666. The maximum absolute atomic E-state index is 10.1. The summed E-state index contributed by atoms with van der Waals surface area (Å²) in [4.78, 5) is 12.2. The van der Waals surface area contributed by atoms with Gasteiger partial charge in [0.15, 0.2) is 11.5 Å². The molecule has 1 fully saturated rings. The maximum Gasteiger partial charge on any atom is 0.165 e. The van der Waals surface area contributed by atoms with E-state index in [9.17, 15) is 10.2 Å². The number of imidazole rings is 1. The van der Waals surface area contributed by atoms with Crippen LogP contribution in [-0.4, -0.2) is 47.8 Å². The van der Waals surface area contributed by atoms with Crippen LogP contribution in [0.2, 0.25) is 0 Å². The second kappa shape index (κ2) is 4.59. The van der Waals surface area contributed by atoms with E-state index in [-0.39, 0.29) is 12.0 Å². The summed E-state index contributed by atoms with van der Waals surface area (Å²) in [7, 11) is 0. The summed E-state index contributed by atoms with van der Waals surface area (Å²) in [6.07, 6.45) is 1.76. The summed E-state index contributed by atoms with van der Waals surface area (Å²) < 4.78 is 1.73. The standard InChI is InChI=1S/C11H14ClN5O2/c12-2-5-1-6(9(19)8(5)18)17-4-16-7-10(13)14-3-15-11(7)17/h3-6,8-9,18-19H,1-2H2,(H2,13,14,15)/t5-,6-,8-,9-/m1/s1. The zero-order chi connectivity index (χ0) is 13.6. The van der Waals surface area contributed by atoms with Gasteiger partial charge in [-0.3, -0.25) is 0 Å². The summed E-state index contributed by atoms with van der Waals surface area (Å²) in [6.45, 7) is 0. The van der Waals surface area contributed by atoms with Crippen LogP contribution in [0.15, 0.2) is 12.7 Å². The number of fused-ring (bicyclic) bond motifs is 1. The molecule has 1 aliphatic rings. The zero-order valence-corrected chi connectivity index (χ0v) is 10.8. The Morgan fingerprint density at radius 3 is 2.79 bits per heavy atom. The molecule has 0 spiro atoms. The third-order valence-electron chi connectivity index (χ3n) is 3.71. The maximum atomic E-state index is 10.1. The Labute approximate surface area is 114 Å². The molecule has 1 saturated carbocycles. The minimum absolute atomic E-state index is 0.140. The molecule has 2 heterocycles. The molecule has 0 bridgehead atoms. The van der Waals surface area contributed by atoms with Gasteiger partial charge in [-0.2, -0.15) is 0 Å². The van der Waals surface area contributed by atoms with Crippen LogP contribution >= 0.6 is 11.6 Å². The van der Waals surface area contributed by atoms with Crippen LogP contribution in [0.1, 0.15) is 12.5 Å². The van der Waals surface area contributed by atoms with Gasteiger partial charge in [-0.15, -0.1) is 11.6 Å². The molecule has 4 N–H and O–H groups in total. The Morgan fingerprint density at radius 1 is 1.32 bits per heavy atom. The highest BCUT2D eigenvalue weighted by Gasteiger charge is 2.42. The van der Waals surface area contributed by atoms with Crippen molar-refractivity contribution in [1.82, 2.24) is 19.5 Å². The topological polar surface area (TPSA) is 110 Å². The van der Waals surface area contributed by atoms with Gasteiger partial charge in [0.2, 0.25) is 0 Å². The van der Waals surface area contributed by atoms with Gasteiger partial charge in [-0.25, -0.2) is 15.0 Å². The normalized spacial score (nSPS) is 31.1. The molecule has 1 aliphatic carbocycles. The van der Waals surface area contributed by atoms with Crippen molar-refractivity contribution < 1.29 is 10.2 Å². The second-order valence-electron chi connectivity index (χ2n) is 4.78. The first kappa shape index (κ1) is 12.6. The van der Waals surface area contributed by atoms with Crippen molar-refractivity contribution in [3.05, 3.63) is 12.7 Å². The first-order chi connectivity index (χ1) is 9.13. The van der Waals surface area contributed by atoms with Crippen LogP contribution in [0.3, 0.4) is 0 Å². The van der Waals surface area contributed by atoms with Gasteiger partial charge in [0, 0.05) is 11.8 Å². The average Bonchev–Trinajstić information content (AvgIpc) is 2.94. The number of hydrogen-bond donors (Lipinski definition) is 3. The largest absolute Gasteiger partial charge is 0.390 e. The Kier molecular flexibility index (Phi) is 3.04. The first-order valence-corrected chi connectivity index (χ1v) is 6.52. The minimum atomic E-state index is -0.891. The third kappa shape index (κ3) is 1.85. The molecule has 7 nitrogen and oxygen atoms in total. The molecule has 8 heteroatoms. The van der Waals surface area contributed by atoms with Crippen molar-refractivity contribution in [2.45, 2.75) is 24.7 Å². The van der Waals surface area contributed by atoms with Crippen LogP contribution in [0, 0.1) is 5.92 Å². The van der Waals surface area contributed by atoms with Crippen LogP contribution in [0.25, 0.3) is 11.2 Å². The summed E-state index contributed by atoms with van der Waals surface area (Å²) in [5, 5.41) is 20.1. The average molecular weight is 284 g/mol. The van der Waals surface area contributed by atoms with E-state index in [1.54, 1.807) is 10.9 Å². The van der Waals surface area contributed by atoms with E-state index < -0.39 is 12.2 Å². The van der Waals surface area contributed by atoms with E-state index in [2.05, 4.69) is 15.0 Å². The SMILES string of the molecule is Nc1ncnc2c1ncn2[C@@H]1C[C@H](CCl)[C@@H](O)[C@@H]1O. The van der Waals surface area contributed by atoms with E-state index in [0.29, 0.717) is 29.3 Å². The number of alkyl halides is 1. The molecule has 0 radical (unpaired) electrons. The third-order valence-corrected chi connectivity index (χ3v) is 4.11. The molecule has 0 aliphatic heterocycles. The Balaban J connectivity index is 2.04. The molecular weight excluding hydrogens is 270 g/mol. The summed E-state index contributed by atoms with van der Waals surface area (Å²) in [6, 6.07) is -0.307. The van der Waals surface area contributed by atoms with Gasteiger partial charge in [-0.1, -0.05) is 0 Å². The highest BCUT2D eigenvalue weighted by atomic mass is 35.5. The number of aromatic nitrogens is 4. The van der Waals surface area contributed by atoms with E-state index in [4.69, 9.17) is 17.3 Å². The van der Waals surface area contributed by atoms with E-state index in [0.717, 1.165) is 0 Å². The van der Waals surface area contributed by atoms with Gasteiger partial charge in [0.25, 0.3) is 0 Å². The summed E-state index contributed by atoms with van der Waals surface area (Å²) in [5.41, 5.74) is 6.78. The predicted molar refractivity (Wildman–Crippen MR) is 69.6 cm³/mol. The van der Waals surface area contributed by atoms with Crippen molar-refractivity contribution in [1.29, 1.82) is 0 Å². The number of hydrogen-bond acceptors (Lipinski definition) is 6. The predicted octanol–water partition coefficient (Wildman–Crippen LogP) is -0.0699. The summed E-state index contributed by atoms with van der Waals surface area (Å²) >= 11 is 5.80. The Hall–Kier alpha value is -1.44. The zero-order valence-electron chi connectivity index (χ0n) is 10.0. The number of nitrogens with two attached hydrogens (primary N) is 1. The number of aliphatic hydroxyl groups excluding tert-OH is 2. The number of halogens is 1. The fourth-order valence-electron chi connectivity index (χ4n) is 2.64. The highest BCUT2D eigenvalue weighted by molar-refractivity contribution is 6.18. The highest BCUT2D eigenvalue weighted by Crippen LogP contribution is 2.37. The van der Waals surface area contributed by atoms with Gasteiger partial charge in [-0.05, 0) is 6.42 Å². The van der Waals surface area contributed by atoms with Crippen LogP contribution < -0.4 is 5.73 Å². The molecule has 4 atom stereocenters. The van der Waals surface area contributed by atoms with Gasteiger partial charge < -0.3 is 20.5 Å². The van der Waals surface area contributed by atoms with E-state index in [1.165, 1.54) is 6.33 Å². The van der Waals surface area contributed by atoms with Crippen molar-refractivity contribution in [2.75, 3.05) is 11.6 Å². The van der Waals surface area contributed by atoms with Gasteiger partial charge >= 0.3 is 0 Å². The number of aliphatic hydroxyl groups is 2. The fourth-order valence-corrected chi connectivity index (χ4v) is 2.95. The molecule has 19 heavy (non-hydrogen) atoms. The van der Waals surface area contributed by atoms with E-state index in [1.807, 2.05) is 0 Å². The minimum Gasteiger partial charge on any atom is -0.390 e. The van der Waals surface area contributed by atoms with Crippen LogP contribution in [0.4, 0.5) is 5.82 Å². The molecular formula is C11H14ClN5O2. The first-order valence-electron chi connectivity index (χ1n) is 5.98. The Bertz CT molecular complexity index is 604. The van der Waals surface area contributed by atoms with Crippen LogP contribution in [-0.2, 0) is 0 Å². The Morgan fingerprint density at radius 2 is 2.11 bits per heavy atom. The smallest absolute Gasteiger partial charge is 0.165 e. The van der Waals surface area contributed by atoms with E-state index >= 15 is 0 Å². The molecule has 0 aromatic carbocycles. The number of anilines is 1. The van der Waals surface area contributed by atoms with Gasteiger partial charge in [0.1, 0.15) is 17.9 Å². The lowest BCUT2D eigenvalue weighted by Crippen LogP contribution is -2.29. The summed E-state index contributed by atoms with van der Waals surface area (Å²) in [5.74, 6) is 0.461. The number of nitrogen functional groups attached to an aromatic ring is 1. The van der Waals surface area contributed by atoms with Crippen molar-refractivity contribution >= 4 is 28.6 Å². The molecule has 0 saturated heterocycles. The second-order valence-corrected chi connectivity index (χ2v) is 5.09. The molecule has 3 rings (SSSR count). The number of rotatable bonds is 2. The number of nitrogens with zero attached hydrogens (tertiary/aromatic N) is 4. The monoisotopic (exact) mass is 283 g/mol. The molecule has 2 aromatic rings. The van der Waals surface area contributed by atoms with Crippen molar-refractivity contribution in [2.24, 2.45) is 5.92 Å². The van der Waals surface area contributed by atoms with Crippen molar-refractivity contribution in [3.8, 4) is 0 Å². The lowest BCUT2D eigenvalue weighted by molar-refractivity contribution is 0.0102. The molecule has 102 valence electrons. The van der Waals surface area contributed by atoms with Crippen molar-refractivity contribution in [3.63, 3.8) is 0 Å². The van der Waals surface area contributed by atoms with Gasteiger partial charge in [0.05, 0.1) is 18.5 Å². The molecule has 2 aromatic heterocycles. The molecule has 0 unspecified atom stereocenters. The lowest BCUT2D eigenvalue weighted by atomic mass is 10.1.